The van der Waals surface area contributed by atoms with Gasteiger partial charge >= 0.3 is 0 Å². The van der Waals surface area contributed by atoms with Crippen molar-refractivity contribution in [1.82, 2.24) is 10.6 Å². The van der Waals surface area contributed by atoms with E-state index in [1.165, 1.54) is 5.56 Å². The van der Waals surface area contributed by atoms with Crippen molar-refractivity contribution in [2.24, 2.45) is 0 Å². The van der Waals surface area contributed by atoms with Gasteiger partial charge in [-0.2, -0.15) is 0 Å². The molecular weight excluding hydrogens is 300 g/mol. The fraction of sp³-hybridized carbons (Fsp3) is 0.300. The summed E-state index contributed by atoms with van der Waals surface area (Å²) in [4.78, 5) is 23.9. The SMILES string of the molecule is Cc1cccc(C(=O)NCC(=O)N[C@@H](C)CCc2ccccc2)c1. The monoisotopic (exact) mass is 324 g/mol. The Morgan fingerprint density at radius 3 is 2.50 bits per heavy atom. The van der Waals surface area contributed by atoms with Gasteiger partial charge in [-0.05, 0) is 44.4 Å². The van der Waals surface area contributed by atoms with Gasteiger partial charge in [0.05, 0.1) is 6.54 Å². The van der Waals surface area contributed by atoms with E-state index in [0.717, 1.165) is 18.4 Å². The molecule has 24 heavy (non-hydrogen) atoms. The van der Waals surface area contributed by atoms with Crippen LogP contribution < -0.4 is 10.6 Å². The number of aryl methyl sites for hydroxylation is 2. The summed E-state index contributed by atoms with van der Waals surface area (Å²) in [6, 6.07) is 17.5. The molecule has 2 N–H and O–H groups in total. The van der Waals surface area contributed by atoms with Gasteiger partial charge in [-0.1, -0.05) is 48.0 Å². The lowest BCUT2D eigenvalue weighted by Crippen LogP contribution is -2.41. The van der Waals surface area contributed by atoms with E-state index in [2.05, 4.69) is 22.8 Å². The molecule has 4 heteroatoms. The topological polar surface area (TPSA) is 58.2 Å². The maximum Gasteiger partial charge on any atom is 0.251 e. The molecule has 0 saturated heterocycles. The van der Waals surface area contributed by atoms with Gasteiger partial charge in [0.15, 0.2) is 0 Å². The molecule has 0 aromatic heterocycles. The summed E-state index contributed by atoms with van der Waals surface area (Å²) in [5, 5.41) is 5.57. The quantitative estimate of drug-likeness (QED) is 0.823. The Bertz CT molecular complexity index is 683. The van der Waals surface area contributed by atoms with Crippen LogP contribution in [-0.4, -0.2) is 24.4 Å². The predicted octanol–water partition coefficient (Wildman–Crippen LogP) is 2.86. The minimum atomic E-state index is -0.231. The smallest absolute Gasteiger partial charge is 0.251 e. The Kier molecular flexibility index (Phi) is 6.55. The molecule has 1 atom stereocenters. The minimum Gasteiger partial charge on any atom is -0.352 e. The Labute approximate surface area is 143 Å². The largest absolute Gasteiger partial charge is 0.352 e. The van der Waals surface area contributed by atoms with Crippen LogP contribution in [0, 0.1) is 6.92 Å². The molecule has 2 aromatic carbocycles. The maximum atomic E-state index is 12.0. The lowest BCUT2D eigenvalue weighted by Gasteiger charge is -2.14. The van der Waals surface area contributed by atoms with Gasteiger partial charge in [-0.3, -0.25) is 9.59 Å². The van der Waals surface area contributed by atoms with Gasteiger partial charge < -0.3 is 10.6 Å². The third-order valence-electron chi connectivity index (χ3n) is 3.81. The number of nitrogens with one attached hydrogen (secondary N) is 2. The molecule has 0 spiro atoms. The zero-order valence-electron chi connectivity index (χ0n) is 14.2. The molecule has 126 valence electrons. The number of carbonyl (C=O) groups excluding carboxylic acids is 2. The van der Waals surface area contributed by atoms with Crippen molar-refractivity contribution in [3.63, 3.8) is 0 Å². The molecule has 0 aliphatic carbocycles. The van der Waals surface area contributed by atoms with Crippen LogP contribution in [0.25, 0.3) is 0 Å². The molecule has 0 unspecified atom stereocenters. The van der Waals surface area contributed by atoms with E-state index in [4.69, 9.17) is 0 Å². The molecule has 0 aliphatic rings. The molecule has 0 saturated carbocycles. The Hall–Kier alpha value is -2.62. The van der Waals surface area contributed by atoms with Crippen LogP contribution in [0.5, 0.6) is 0 Å². The number of hydrogen-bond donors (Lipinski definition) is 2. The van der Waals surface area contributed by atoms with Crippen molar-refractivity contribution in [3.05, 3.63) is 71.3 Å². The molecule has 0 radical (unpaired) electrons. The first kappa shape index (κ1) is 17.7. The molecule has 0 aliphatic heterocycles. The summed E-state index contributed by atoms with van der Waals surface area (Å²) in [6.07, 6.45) is 1.78. The average molecular weight is 324 g/mol. The van der Waals surface area contributed by atoms with Crippen molar-refractivity contribution in [2.75, 3.05) is 6.54 Å². The highest BCUT2D eigenvalue weighted by Crippen LogP contribution is 2.05. The first-order valence-corrected chi connectivity index (χ1v) is 8.23. The van der Waals surface area contributed by atoms with Gasteiger partial charge in [-0.15, -0.1) is 0 Å². The Morgan fingerprint density at radius 2 is 1.79 bits per heavy atom. The first-order valence-electron chi connectivity index (χ1n) is 8.23. The maximum absolute atomic E-state index is 12.0. The first-order chi connectivity index (χ1) is 11.5. The van der Waals surface area contributed by atoms with Crippen LogP contribution in [0.15, 0.2) is 54.6 Å². The molecule has 2 aromatic rings. The summed E-state index contributed by atoms with van der Waals surface area (Å²) in [5.74, 6) is -0.401. The van der Waals surface area contributed by atoms with E-state index in [9.17, 15) is 9.59 Å². The fourth-order valence-corrected chi connectivity index (χ4v) is 2.47. The Morgan fingerprint density at radius 1 is 1.04 bits per heavy atom. The normalized spacial score (nSPS) is 11.6. The summed E-state index contributed by atoms with van der Waals surface area (Å²) >= 11 is 0. The molecule has 2 amide bonds. The number of amides is 2. The molecule has 4 nitrogen and oxygen atoms in total. The van der Waals surface area contributed by atoms with Crippen LogP contribution >= 0.6 is 0 Å². The Balaban J connectivity index is 1.71. The van der Waals surface area contributed by atoms with Crippen molar-refractivity contribution < 1.29 is 9.59 Å². The molecule has 0 fully saturated rings. The van der Waals surface area contributed by atoms with E-state index < -0.39 is 0 Å². The third kappa shape index (κ3) is 5.88. The predicted molar refractivity (Wildman–Crippen MR) is 95.9 cm³/mol. The van der Waals surface area contributed by atoms with Crippen molar-refractivity contribution in [3.8, 4) is 0 Å². The van der Waals surface area contributed by atoms with Crippen LogP contribution in [0.3, 0.4) is 0 Å². The van der Waals surface area contributed by atoms with Crippen molar-refractivity contribution >= 4 is 11.8 Å². The van der Waals surface area contributed by atoms with Crippen molar-refractivity contribution in [2.45, 2.75) is 32.7 Å². The fourth-order valence-electron chi connectivity index (χ4n) is 2.47. The molecule has 0 heterocycles. The van der Waals surface area contributed by atoms with Crippen LogP contribution in [0.1, 0.15) is 34.8 Å². The van der Waals surface area contributed by atoms with E-state index in [-0.39, 0.29) is 24.4 Å². The van der Waals surface area contributed by atoms with Crippen LogP contribution in [-0.2, 0) is 11.2 Å². The van der Waals surface area contributed by atoms with Gasteiger partial charge in [0.2, 0.25) is 5.91 Å². The molecule has 0 bridgehead atoms. The summed E-state index contributed by atoms with van der Waals surface area (Å²) < 4.78 is 0. The highest BCUT2D eigenvalue weighted by molar-refractivity contribution is 5.96. The van der Waals surface area contributed by atoms with Crippen LogP contribution in [0.2, 0.25) is 0 Å². The lowest BCUT2D eigenvalue weighted by atomic mass is 10.1. The van der Waals surface area contributed by atoms with Crippen LogP contribution in [0.4, 0.5) is 0 Å². The average Bonchev–Trinajstić information content (AvgIpc) is 2.59. The second-order valence-corrected chi connectivity index (χ2v) is 6.04. The number of carbonyl (C=O) groups is 2. The van der Waals surface area contributed by atoms with E-state index in [1.807, 2.05) is 44.2 Å². The van der Waals surface area contributed by atoms with Gasteiger partial charge in [0.25, 0.3) is 5.91 Å². The van der Waals surface area contributed by atoms with Gasteiger partial charge in [0.1, 0.15) is 0 Å². The zero-order valence-corrected chi connectivity index (χ0v) is 14.2. The van der Waals surface area contributed by atoms with Crippen molar-refractivity contribution in [1.29, 1.82) is 0 Å². The standard InChI is InChI=1S/C20H24N2O2/c1-15-7-6-10-18(13-15)20(24)21-14-19(23)22-16(2)11-12-17-8-4-3-5-9-17/h3-10,13,16H,11-12,14H2,1-2H3,(H,21,24)(H,22,23)/t16-/m0/s1. The number of rotatable bonds is 7. The highest BCUT2D eigenvalue weighted by Gasteiger charge is 2.10. The summed E-state index contributed by atoms with van der Waals surface area (Å²) in [5.41, 5.74) is 2.84. The second kappa shape index (κ2) is 8.87. The van der Waals surface area contributed by atoms with E-state index >= 15 is 0 Å². The zero-order chi connectivity index (χ0) is 17.4. The summed E-state index contributed by atoms with van der Waals surface area (Å²) in [7, 11) is 0. The van der Waals surface area contributed by atoms with Gasteiger partial charge in [-0.25, -0.2) is 0 Å². The minimum absolute atomic E-state index is 0.0115. The second-order valence-electron chi connectivity index (χ2n) is 6.04. The molecular formula is C20H24N2O2. The summed E-state index contributed by atoms with van der Waals surface area (Å²) in [6.45, 7) is 3.89. The molecule has 2 rings (SSSR count). The highest BCUT2D eigenvalue weighted by atomic mass is 16.2. The van der Waals surface area contributed by atoms with E-state index in [1.54, 1.807) is 12.1 Å². The van der Waals surface area contributed by atoms with E-state index in [0.29, 0.717) is 5.56 Å². The number of hydrogen-bond acceptors (Lipinski definition) is 2. The van der Waals surface area contributed by atoms with Gasteiger partial charge in [0, 0.05) is 11.6 Å². The lowest BCUT2D eigenvalue weighted by molar-refractivity contribution is -0.120. The number of benzene rings is 2. The third-order valence-corrected chi connectivity index (χ3v) is 3.81.